The van der Waals surface area contributed by atoms with E-state index in [2.05, 4.69) is 57.7 Å². The highest BCUT2D eigenvalue weighted by molar-refractivity contribution is 6.05. The molecule has 1 N–H and O–H groups in total. The third kappa shape index (κ3) is 5.83. The zero-order chi connectivity index (χ0) is 29.3. The summed E-state index contributed by atoms with van der Waals surface area (Å²) >= 11 is 0. The number of fused-ring (bicyclic) bond motifs is 1. The second kappa shape index (κ2) is 11.7. The quantitative estimate of drug-likeness (QED) is 0.424. The van der Waals surface area contributed by atoms with Gasteiger partial charge in [-0.25, -0.2) is 0 Å². The van der Waals surface area contributed by atoms with Gasteiger partial charge in [-0.1, -0.05) is 24.3 Å². The van der Waals surface area contributed by atoms with Gasteiger partial charge in [0.05, 0.1) is 18.9 Å². The van der Waals surface area contributed by atoms with E-state index in [0.29, 0.717) is 25.1 Å². The normalized spacial score (nSPS) is 22.4. The highest BCUT2D eigenvalue weighted by Crippen LogP contribution is 2.32. The molecule has 3 aromatic rings. The SMILES string of the molecule is O=C1CCC(N2Cc3cc(O[C@H]4CCN(Cc5cc(-c6cccc(C7=CCOCC7)c6)ccn5)C4)ccc3C2=O)C(=O)N1. The van der Waals surface area contributed by atoms with Gasteiger partial charge in [-0.05, 0) is 83.5 Å². The van der Waals surface area contributed by atoms with Gasteiger partial charge in [-0.3, -0.25) is 29.6 Å². The summed E-state index contributed by atoms with van der Waals surface area (Å²) in [6.07, 6.45) is 6.53. The molecule has 2 saturated heterocycles. The number of benzene rings is 2. The van der Waals surface area contributed by atoms with Gasteiger partial charge in [0.15, 0.2) is 0 Å². The molecule has 4 aliphatic heterocycles. The molecule has 220 valence electrons. The van der Waals surface area contributed by atoms with Gasteiger partial charge in [0.25, 0.3) is 5.91 Å². The number of amides is 3. The van der Waals surface area contributed by atoms with Crippen LogP contribution in [0.3, 0.4) is 0 Å². The van der Waals surface area contributed by atoms with Gasteiger partial charge in [0.1, 0.15) is 17.9 Å². The smallest absolute Gasteiger partial charge is 0.255 e. The van der Waals surface area contributed by atoms with E-state index < -0.39 is 11.9 Å². The number of aromatic nitrogens is 1. The first-order valence-corrected chi connectivity index (χ1v) is 15.0. The number of imide groups is 1. The van der Waals surface area contributed by atoms with Crippen molar-refractivity contribution in [1.82, 2.24) is 20.1 Å². The third-order valence-electron chi connectivity index (χ3n) is 8.76. The van der Waals surface area contributed by atoms with Crippen LogP contribution in [0, 0.1) is 0 Å². The van der Waals surface area contributed by atoms with E-state index in [1.165, 1.54) is 16.7 Å². The van der Waals surface area contributed by atoms with Crippen LogP contribution in [-0.2, 0) is 27.4 Å². The summed E-state index contributed by atoms with van der Waals surface area (Å²) in [5.74, 6) is -0.140. The van der Waals surface area contributed by atoms with E-state index in [9.17, 15) is 14.4 Å². The lowest BCUT2D eigenvalue weighted by atomic mass is 9.97. The van der Waals surface area contributed by atoms with Crippen molar-refractivity contribution in [3.63, 3.8) is 0 Å². The maximum atomic E-state index is 13.0. The van der Waals surface area contributed by atoms with Gasteiger partial charge in [0, 0.05) is 44.4 Å². The second-order valence-corrected chi connectivity index (χ2v) is 11.7. The molecular weight excluding hydrogens is 544 g/mol. The zero-order valence-corrected chi connectivity index (χ0v) is 24.0. The van der Waals surface area contributed by atoms with Crippen LogP contribution >= 0.6 is 0 Å². The monoisotopic (exact) mass is 578 g/mol. The highest BCUT2D eigenvalue weighted by atomic mass is 16.5. The van der Waals surface area contributed by atoms with Gasteiger partial charge in [0.2, 0.25) is 11.8 Å². The van der Waals surface area contributed by atoms with Crippen LogP contribution in [0.25, 0.3) is 16.7 Å². The van der Waals surface area contributed by atoms with Crippen molar-refractivity contribution in [2.45, 2.75) is 50.9 Å². The van der Waals surface area contributed by atoms with Crippen molar-refractivity contribution in [3.8, 4) is 16.9 Å². The summed E-state index contributed by atoms with van der Waals surface area (Å²) in [6.45, 7) is 4.23. The van der Waals surface area contributed by atoms with Crippen molar-refractivity contribution in [2.75, 3.05) is 26.3 Å². The van der Waals surface area contributed by atoms with E-state index in [-0.39, 0.29) is 24.3 Å². The first-order chi connectivity index (χ1) is 21.0. The standard InChI is InChI=1S/C34H34N4O5/c39-32-7-6-31(33(40)36-32)38-19-26-18-28(4-5-30(26)34(38)41)43-29-9-13-37(21-29)20-27-17-25(8-12-35-27)24-3-1-2-23(16-24)22-10-14-42-15-11-22/h1-5,8,10,12,16-18,29,31H,6-7,9,11,13-15,19-21H2,(H,36,39,40)/t29-,31?/m0/s1. The Kier molecular flexibility index (Phi) is 7.51. The largest absolute Gasteiger partial charge is 0.489 e. The van der Waals surface area contributed by atoms with Crippen molar-refractivity contribution >= 4 is 23.3 Å². The molecule has 0 saturated carbocycles. The lowest BCUT2D eigenvalue weighted by Gasteiger charge is -2.29. The Morgan fingerprint density at radius 2 is 1.86 bits per heavy atom. The second-order valence-electron chi connectivity index (χ2n) is 11.7. The molecule has 2 atom stereocenters. The lowest BCUT2D eigenvalue weighted by Crippen LogP contribution is -2.52. The molecule has 5 heterocycles. The topological polar surface area (TPSA) is 101 Å². The number of carbonyl (C=O) groups is 3. The Balaban J connectivity index is 0.970. The molecule has 0 bridgehead atoms. The average molecular weight is 579 g/mol. The number of likely N-dealkylation sites (tertiary alicyclic amines) is 1. The van der Waals surface area contributed by atoms with Crippen LogP contribution in [0.5, 0.6) is 5.75 Å². The van der Waals surface area contributed by atoms with Crippen LogP contribution in [0.2, 0.25) is 0 Å². The predicted octanol–water partition coefficient (Wildman–Crippen LogP) is 3.97. The summed E-state index contributed by atoms with van der Waals surface area (Å²) in [5.41, 5.74) is 7.39. The highest BCUT2D eigenvalue weighted by Gasteiger charge is 2.39. The zero-order valence-electron chi connectivity index (χ0n) is 24.0. The molecule has 1 unspecified atom stereocenters. The minimum atomic E-state index is -0.620. The number of ether oxygens (including phenoxy) is 2. The molecule has 0 radical (unpaired) electrons. The van der Waals surface area contributed by atoms with E-state index in [4.69, 9.17) is 9.47 Å². The van der Waals surface area contributed by atoms with Gasteiger partial charge >= 0.3 is 0 Å². The summed E-state index contributed by atoms with van der Waals surface area (Å²) in [5, 5.41) is 2.35. The van der Waals surface area contributed by atoms with E-state index >= 15 is 0 Å². The lowest BCUT2D eigenvalue weighted by molar-refractivity contribution is -0.136. The van der Waals surface area contributed by atoms with Crippen molar-refractivity contribution in [1.29, 1.82) is 0 Å². The van der Waals surface area contributed by atoms with Gasteiger partial charge in [-0.2, -0.15) is 0 Å². The van der Waals surface area contributed by atoms with Crippen LogP contribution in [0.1, 0.15) is 52.9 Å². The molecule has 4 aliphatic rings. The molecule has 1 aromatic heterocycles. The fraction of sp³-hybridized carbons (Fsp3) is 0.353. The Bertz CT molecular complexity index is 1620. The van der Waals surface area contributed by atoms with Crippen molar-refractivity contribution in [2.24, 2.45) is 0 Å². The van der Waals surface area contributed by atoms with E-state index in [1.807, 2.05) is 18.3 Å². The molecule has 9 heteroatoms. The Morgan fingerprint density at radius 1 is 0.977 bits per heavy atom. The molecule has 0 spiro atoms. The Morgan fingerprint density at radius 3 is 2.72 bits per heavy atom. The van der Waals surface area contributed by atoms with Crippen LogP contribution in [-0.4, -0.2) is 71.0 Å². The van der Waals surface area contributed by atoms with Crippen molar-refractivity contribution in [3.05, 3.63) is 89.3 Å². The number of hydrogen-bond donors (Lipinski definition) is 1. The number of carbonyl (C=O) groups excluding carboxylic acids is 3. The first-order valence-electron chi connectivity index (χ1n) is 15.0. The third-order valence-corrected chi connectivity index (χ3v) is 8.76. The summed E-state index contributed by atoms with van der Waals surface area (Å²) in [4.78, 5) is 45.5. The minimum absolute atomic E-state index is 0.0361. The van der Waals surface area contributed by atoms with Gasteiger partial charge in [-0.15, -0.1) is 0 Å². The predicted molar refractivity (Wildman–Crippen MR) is 160 cm³/mol. The maximum Gasteiger partial charge on any atom is 0.255 e. The molecule has 3 amide bonds. The molecule has 43 heavy (non-hydrogen) atoms. The average Bonchev–Trinajstić information content (AvgIpc) is 3.60. The molecule has 0 aliphatic carbocycles. The Labute approximate surface area is 250 Å². The number of nitrogens with one attached hydrogen (secondary N) is 1. The number of nitrogens with zero attached hydrogens (tertiary/aromatic N) is 3. The van der Waals surface area contributed by atoms with E-state index in [0.717, 1.165) is 61.7 Å². The van der Waals surface area contributed by atoms with Crippen LogP contribution in [0.15, 0.2) is 66.9 Å². The first kappa shape index (κ1) is 27.5. The summed E-state index contributed by atoms with van der Waals surface area (Å²) in [7, 11) is 0. The van der Waals surface area contributed by atoms with E-state index in [1.54, 1.807) is 11.0 Å². The fourth-order valence-electron chi connectivity index (χ4n) is 6.51. The number of piperidine rings is 1. The molecule has 7 rings (SSSR count). The molecular formula is C34H34N4O5. The number of pyridine rings is 1. The van der Waals surface area contributed by atoms with Gasteiger partial charge < -0.3 is 14.4 Å². The molecule has 2 aromatic carbocycles. The van der Waals surface area contributed by atoms with Crippen LogP contribution < -0.4 is 10.1 Å². The van der Waals surface area contributed by atoms with Crippen molar-refractivity contribution < 1.29 is 23.9 Å². The fourth-order valence-corrected chi connectivity index (χ4v) is 6.51. The minimum Gasteiger partial charge on any atom is -0.489 e. The number of rotatable bonds is 7. The maximum absolute atomic E-state index is 13.0. The molecule has 2 fully saturated rings. The number of hydrogen-bond acceptors (Lipinski definition) is 7. The summed E-state index contributed by atoms with van der Waals surface area (Å²) < 4.78 is 11.8. The summed E-state index contributed by atoms with van der Waals surface area (Å²) in [6, 6.07) is 17.8. The van der Waals surface area contributed by atoms with Crippen LogP contribution in [0.4, 0.5) is 0 Å². The molecule has 9 nitrogen and oxygen atoms in total. The Hall–Kier alpha value is -4.34.